The molecule has 0 radical (unpaired) electrons. The van der Waals surface area contributed by atoms with Gasteiger partial charge in [-0.3, -0.25) is 0 Å². The zero-order valence-corrected chi connectivity index (χ0v) is 10.5. The highest BCUT2D eigenvalue weighted by Gasteiger charge is 2.34. The van der Waals surface area contributed by atoms with Gasteiger partial charge in [-0.1, -0.05) is 0 Å². The normalized spacial score (nSPS) is 19.5. The molecule has 1 rings (SSSR count). The van der Waals surface area contributed by atoms with Gasteiger partial charge in [-0.25, -0.2) is 12.7 Å². The predicted molar refractivity (Wildman–Crippen MR) is 62.0 cm³/mol. The van der Waals surface area contributed by atoms with E-state index in [2.05, 4.69) is 0 Å². The molecule has 1 atom stereocenters. The average molecular weight is 234 g/mol. The Morgan fingerprint density at radius 2 is 2.00 bits per heavy atom. The lowest BCUT2D eigenvalue weighted by Gasteiger charge is -2.24. The van der Waals surface area contributed by atoms with E-state index in [-0.39, 0.29) is 11.8 Å². The lowest BCUT2D eigenvalue weighted by Crippen LogP contribution is -2.38. The Labute approximate surface area is 92.9 Å². The van der Waals surface area contributed by atoms with Crippen LogP contribution in [0.1, 0.15) is 32.6 Å². The Hall–Kier alpha value is -0.130. The SMILES string of the molecule is CC(C1CC1)N(C)S(=O)(=O)CCCCN. The maximum Gasteiger partial charge on any atom is 0.214 e. The van der Waals surface area contributed by atoms with Crippen molar-refractivity contribution in [3.8, 4) is 0 Å². The van der Waals surface area contributed by atoms with Crippen LogP contribution >= 0.6 is 0 Å². The van der Waals surface area contributed by atoms with Gasteiger partial charge in [0.05, 0.1) is 5.75 Å². The highest BCUT2D eigenvalue weighted by molar-refractivity contribution is 7.89. The summed E-state index contributed by atoms with van der Waals surface area (Å²) in [7, 11) is -1.36. The van der Waals surface area contributed by atoms with Crippen LogP contribution in [0.5, 0.6) is 0 Å². The van der Waals surface area contributed by atoms with E-state index in [9.17, 15) is 8.42 Å². The van der Waals surface area contributed by atoms with E-state index in [1.807, 2.05) is 6.92 Å². The molecular weight excluding hydrogens is 212 g/mol. The molecule has 0 amide bonds. The fourth-order valence-electron chi connectivity index (χ4n) is 1.70. The van der Waals surface area contributed by atoms with E-state index in [0.717, 1.165) is 6.42 Å². The lowest BCUT2D eigenvalue weighted by molar-refractivity contribution is 0.356. The summed E-state index contributed by atoms with van der Waals surface area (Å²) in [4.78, 5) is 0. The molecule has 0 heterocycles. The van der Waals surface area contributed by atoms with Crippen LogP contribution in [0, 0.1) is 5.92 Å². The number of sulfonamides is 1. The summed E-state index contributed by atoms with van der Waals surface area (Å²) in [6, 6.07) is 0.160. The maximum atomic E-state index is 11.9. The van der Waals surface area contributed by atoms with Gasteiger partial charge in [0.2, 0.25) is 10.0 Å². The quantitative estimate of drug-likeness (QED) is 0.662. The summed E-state index contributed by atoms with van der Waals surface area (Å²) in [6.07, 6.45) is 3.79. The number of hydrogen-bond donors (Lipinski definition) is 1. The second kappa shape index (κ2) is 5.27. The number of hydrogen-bond acceptors (Lipinski definition) is 3. The van der Waals surface area contributed by atoms with Gasteiger partial charge in [0.1, 0.15) is 0 Å². The van der Waals surface area contributed by atoms with Gasteiger partial charge in [0.15, 0.2) is 0 Å². The van der Waals surface area contributed by atoms with Crippen molar-refractivity contribution in [1.82, 2.24) is 4.31 Å². The number of rotatable bonds is 7. The van der Waals surface area contributed by atoms with E-state index in [4.69, 9.17) is 5.73 Å². The van der Waals surface area contributed by atoms with Crippen molar-refractivity contribution in [2.24, 2.45) is 11.7 Å². The number of nitrogens with zero attached hydrogens (tertiary/aromatic N) is 1. The average Bonchev–Trinajstić information content (AvgIpc) is 2.99. The largest absolute Gasteiger partial charge is 0.330 e. The Balaban J connectivity index is 2.44. The summed E-state index contributed by atoms with van der Waals surface area (Å²) in [5, 5.41) is 0. The molecule has 90 valence electrons. The highest BCUT2D eigenvalue weighted by Crippen LogP contribution is 2.35. The Morgan fingerprint density at radius 3 is 2.47 bits per heavy atom. The van der Waals surface area contributed by atoms with Crippen LogP contribution < -0.4 is 5.73 Å². The van der Waals surface area contributed by atoms with Crippen LogP contribution in [-0.2, 0) is 10.0 Å². The fourth-order valence-corrected chi connectivity index (χ4v) is 3.24. The van der Waals surface area contributed by atoms with Crippen molar-refractivity contribution in [3.63, 3.8) is 0 Å². The molecule has 2 N–H and O–H groups in total. The molecule has 0 aromatic heterocycles. The minimum Gasteiger partial charge on any atom is -0.330 e. The third-order valence-electron chi connectivity index (χ3n) is 3.17. The van der Waals surface area contributed by atoms with Gasteiger partial charge in [-0.15, -0.1) is 0 Å². The molecule has 0 aromatic rings. The minimum atomic E-state index is -3.06. The molecule has 1 aliphatic carbocycles. The first-order valence-electron chi connectivity index (χ1n) is 5.65. The van der Waals surface area contributed by atoms with Gasteiger partial charge in [0, 0.05) is 13.1 Å². The molecule has 0 aliphatic heterocycles. The standard InChI is InChI=1S/C10H22N2O2S/c1-9(10-5-6-10)12(2)15(13,14)8-4-3-7-11/h9-10H,3-8,11H2,1-2H3. The molecule has 1 saturated carbocycles. The summed E-state index contributed by atoms with van der Waals surface area (Å²) in [6.45, 7) is 2.57. The molecule has 4 nitrogen and oxygen atoms in total. The second-order valence-corrected chi connectivity index (χ2v) is 6.55. The molecule has 5 heteroatoms. The fraction of sp³-hybridized carbons (Fsp3) is 1.00. The van der Waals surface area contributed by atoms with Crippen molar-refractivity contribution >= 4 is 10.0 Å². The molecule has 1 unspecified atom stereocenters. The second-order valence-electron chi connectivity index (χ2n) is 4.41. The highest BCUT2D eigenvalue weighted by atomic mass is 32.2. The van der Waals surface area contributed by atoms with Crippen LogP contribution in [0.2, 0.25) is 0 Å². The van der Waals surface area contributed by atoms with Gasteiger partial charge in [-0.2, -0.15) is 0 Å². The van der Waals surface area contributed by atoms with E-state index in [1.54, 1.807) is 11.4 Å². The van der Waals surface area contributed by atoms with Gasteiger partial charge in [0.25, 0.3) is 0 Å². The lowest BCUT2D eigenvalue weighted by atomic mass is 10.2. The summed E-state index contributed by atoms with van der Waals surface area (Å²) < 4.78 is 25.3. The van der Waals surface area contributed by atoms with Crippen molar-refractivity contribution in [2.75, 3.05) is 19.3 Å². The molecule has 0 saturated heterocycles. The Morgan fingerprint density at radius 1 is 1.40 bits per heavy atom. The Bertz CT molecular complexity index is 286. The minimum absolute atomic E-state index is 0.160. The molecule has 0 bridgehead atoms. The number of nitrogens with two attached hydrogens (primary N) is 1. The third-order valence-corrected chi connectivity index (χ3v) is 5.19. The van der Waals surface area contributed by atoms with Crippen molar-refractivity contribution in [3.05, 3.63) is 0 Å². The topological polar surface area (TPSA) is 63.4 Å². The molecule has 0 aromatic carbocycles. The van der Waals surface area contributed by atoms with E-state index < -0.39 is 10.0 Å². The first-order chi connectivity index (χ1) is 6.99. The molecule has 15 heavy (non-hydrogen) atoms. The van der Waals surface area contributed by atoms with E-state index >= 15 is 0 Å². The molecule has 1 aliphatic rings. The monoisotopic (exact) mass is 234 g/mol. The maximum absolute atomic E-state index is 11.9. The summed E-state index contributed by atoms with van der Waals surface area (Å²) in [5.41, 5.74) is 5.34. The molecule has 0 spiro atoms. The van der Waals surface area contributed by atoms with Crippen LogP contribution in [0.4, 0.5) is 0 Å². The third kappa shape index (κ3) is 3.74. The first-order valence-corrected chi connectivity index (χ1v) is 7.25. The smallest absolute Gasteiger partial charge is 0.214 e. The van der Waals surface area contributed by atoms with Gasteiger partial charge >= 0.3 is 0 Å². The zero-order chi connectivity index (χ0) is 11.5. The van der Waals surface area contributed by atoms with Crippen molar-refractivity contribution in [2.45, 2.75) is 38.6 Å². The van der Waals surface area contributed by atoms with E-state index in [1.165, 1.54) is 12.8 Å². The Kier molecular flexibility index (Phi) is 4.55. The molecule has 1 fully saturated rings. The summed E-state index contributed by atoms with van der Waals surface area (Å²) in [5.74, 6) is 0.817. The van der Waals surface area contributed by atoms with Crippen molar-refractivity contribution < 1.29 is 8.42 Å². The van der Waals surface area contributed by atoms with Crippen LogP contribution in [0.15, 0.2) is 0 Å². The molecular formula is C10H22N2O2S. The van der Waals surface area contributed by atoms with Gasteiger partial charge < -0.3 is 5.73 Å². The van der Waals surface area contributed by atoms with Crippen molar-refractivity contribution in [1.29, 1.82) is 0 Å². The predicted octanol–water partition coefficient (Wildman–Crippen LogP) is 0.785. The summed E-state index contributed by atoms with van der Waals surface area (Å²) >= 11 is 0. The van der Waals surface area contributed by atoms with Gasteiger partial charge in [-0.05, 0) is 45.1 Å². The van der Waals surface area contributed by atoms with Crippen LogP contribution in [-0.4, -0.2) is 38.1 Å². The first kappa shape index (κ1) is 12.9. The van der Waals surface area contributed by atoms with E-state index in [0.29, 0.717) is 18.9 Å². The van der Waals surface area contributed by atoms with Crippen LogP contribution in [0.25, 0.3) is 0 Å². The van der Waals surface area contributed by atoms with Crippen LogP contribution in [0.3, 0.4) is 0 Å². The number of unbranched alkanes of at least 4 members (excludes halogenated alkanes) is 1. The zero-order valence-electron chi connectivity index (χ0n) is 9.65.